The highest BCUT2D eigenvalue weighted by atomic mass is 32.2. The van der Waals surface area contributed by atoms with Gasteiger partial charge in [-0.2, -0.15) is 0 Å². The lowest BCUT2D eigenvalue weighted by Gasteiger charge is -2.11. The van der Waals surface area contributed by atoms with Crippen LogP contribution in [0.4, 0.5) is 0 Å². The van der Waals surface area contributed by atoms with E-state index in [1.54, 1.807) is 0 Å². The van der Waals surface area contributed by atoms with Gasteiger partial charge >= 0.3 is 0 Å². The molecule has 1 aromatic rings. The third kappa shape index (κ3) is 3.26. The molecule has 0 aliphatic carbocycles. The first-order valence-corrected chi connectivity index (χ1v) is 9.01. The van der Waals surface area contributed by atoms with Crippen LogP contribution >= 0.6 is 0 Å². The Labute approximate surface area is 112 Å². The highest BCUT2D eigenvalue weighted by molar-refractivity contribution is 7.92. The first kappa shape index (κ1) is 14.3. The molecule has 1 aliphatic heterocycles. The van der Waals surface area contributed by atoms with Gasteiger partial charge in [-0.3, -0.25) is 0 Å². The molecule has 0 spiro atoms. The molecule has 0 aromatic heterocycles. The normalized spacial score (nSPS) is 22.4. The minimum Gasteiger partial charge on any atom is -0.508 e. The molecule has 1 saturated heterocycles. The van der Waals surface area contributed by atoms with Gasteiger partial charge in [0.15, 0.2) is 9.84 Å². The van der Waals surface area contributed by atoms with Crippen molar-refractivity contribution in [1.82, 2.24) is 4.72 Å². The number of hydrogen-bond acceptors (Lipinski definition) is 5. The Bertz CT molecular complexity index is 649. The van der Waals surface area contributed by atoms with Crippen LogP contribution in [0.3, 0.4) is 0 Å². The first-order chi connectivity index (χ1) is 8.81. The average Bonchev–Trinajstić information content (AvgIpc) is 2.66. The van der Waals surface area contributed by atoms with Crippen molar-refractivity contribution in [1.29, 1.82) is 0 Å². The number of nitrogens with one attached hydrogen (secondary N) is 1. The number of phenolic OH excluding ortho intramolecular Hbond substituents is 1. The molecule has 1 aliphatic rings. The van der Waals surface area contributed by atoms with Crippen LogP contribution in [-0.2, 0) is 19.9 Å². The standard InChI is InChI=1S/C11H15NO5S2/c13-9-3-5-10(6-4-9)19(16,17)12-8-11-2-1-7-18(11,14)15/h3-6,11-13H,1-2,7-8H2. The minimum absolute atomic E-state index is 0.000643. The molecule has 1 unspecified atom stereocenters. The van der Waals surface area contributed by atoms with E-state index in [2.05, 4.69) is 4.72 Å². The molecule has 1 aromatic carbocycles. The van der Waals surface area contributed by atoms with E-state index in [0.717, 1.165) is 0 Å². The van der Waals surface area contributed by atoms with Crippen molar-refractivity contribution < 1.29 is 21.9 Å². The Morgan fingerprint density at radius 2 is 1.89 bits per heavy atom. The molecule has 19 heavy (non-hydrogen) atoms. The number of benzene rings is 1. The summed E-state index contributed by atoms with van der Waals surface area (Å²) in [6, 6.07) is 5.06. The number of rotatable bonds is 4. The van der Waals surface area contributed by atoms with Gasteiger partial charge in [0, 0.05) is 6.54 Å². The summed E-state index contributed by atoms with van der Waals surface area (Å²) >= 11 is 0. The number of phenols is 1. The molecule has 0 amide bonds. The van der Waals surface area contributed by atoms with Gasteiger partial charge < -0.3 is 5.11 Å². The summed E-state index contributed by atoms with van der Waals surface area (Å²) in [5.74, 6) is 0.0934. The average molecular weight is 305 g/mol. The Kier molecular flexibility index (Phi) is 3.84. The van der Waals surface area contributed by atoms with Crippen LogP contribution in [0.5, 0.6) is 5.75 Å². The van der Waals surface area contributed by atoms with Gasteiger partial charge in [-0.1, -0.05) is 0 Å². The molecule has 0 bridgehead atoms. The summed E-state index contributed by atoms with van der Waals surface area (Å²) < 4.78 is 49.3. The first-order valence-electron chi connectivity index (χ1n) is 5.81. The van der Waals surface area contributed by atoms with Gasteiger partial charge in [0.25, 0.3) is 0 Å². The van der Waals surface area contributed by atoms with E-state index in [0.29, 0.717) is 12.8 Å². The van der Waals surface area contributed by atoms with E-state index < -0.39 is 25.1 Å². The lowest BCUT2D eigenvalue weighted by Crippen LogP contribution is -2.34. The Morgan fingerprint density at radius 3 is 2.42 bits per heavy atom. The second-order valence-corrected chi connectivity index (χ2v) is 8.64. The van der Waals surface area contributed by atoms with Crippen LogP contribution in [0.25, 0.3) is 0 Å². The second kappa shape index (κ2) is 5.10. The zero-order valence-corrected chi connectivity index (χ0v) is 11.7. The summed E-state index contributed by atoms with van der Waals surface area (Å²) in [6.07, 6.45) is 1.06. The van der Waals surface area contributed by atoms with Crippen LogP contribution in [0.15, 0.2) is 29.2 Å². The molecule has 1 atom stereocenters. The van der Waals surface area contributed by atoms with Crippen molar-refractivity contribution in [2.45, 2.75) is 23.0 Å². The number of aromatic hydroxyl groups is 1. The number of sulfonamides is 1. The monoisotopic (exact) mass is 305 g/mol. The van der Waals surface area contributed by atoms with Gasteiger partial charge in [0.2, 0.25) is 10.0 Å². The predicted molar refractivity (Wildman–Crippen MR) is 70.1 cm³/mol. The third-order valence-corrected chi connectivity index (χ3v) is 6.83. The summed E-state index contributed by atoms with van der Waals surface area (Å²) in [7, 11) is -6.91. The summed E-state index contributed by atoms with van der Waals surface area (Å²) in [5.41, 5.74) is 0. The molecular weight excluding hydrogens is 290 g/mol. The molecule has 2 N–H and O–H groups in total. The fraction of sp³-hybridized carbons (Fsp3) is 0.455. The summed E-state index contributed by atoms with van der Waals surface area (Å²) in [5, 5.41) is 8.46. The van der Waals surface area contributed by atoms with Crippen molar-refractivity contribution in [3.8, 4) is 5.75 Å². The zero-order valence-electron chi connectivity index (χ0n) is 10.1. The molecule has 6 nitrogen and oxygen atoms in total. The largest absolute Gasteiger partial charge is 0.508 e. The van der Waals surface area contributed by atoms with Crippen LogP contribution < -0.4 is 4.72 Å². The lowest BCUT2D eigenvalue weighted by atomic mass is 10.2. The maximum absolute atomic E-state index is 11.9. The third-order valence-electron chi connectivity index (χ3n) is 3.11. The van der Waals surface area contributed by atoms with Gasteiger partial charge in [-0.15, -0.1) is 0 Å². The molecule has 2 rings (SSSR count). The van der Waals surface area contributed by atoms with Crippen molar-refractivity contribution in [2.24, 2.45) is 0 Å². The fourth-order valence-corrected chi connectivity index (χ4v) is 4.95. The summed E-state index contributed by atoms with van der Waals surface area (Å²) in [6.45, 7) is -0.106. The zero-order chi connectivity index (χ0) is 14.1. The molecule has 1 heterocycles. The highest BCUT2D eigenvalue weighted by Gasteiger charge is 2.32. The van der Waals surface area contributed by atoms with Crippen LogP contribution in [-0.4, -0.2) is 39.5 Å². The molecule has 0 saturated carbocycles. The Balaban J connectivity index is 2.08. The second-order valence-electron chi connectivity index (χ2n) is 4.48. The number of sulfone groups is 1. The van der Waals surface area contributed by atoms with E-state index in [9.17, 15) is 16.8 Å². The Morgan fingerprint density at radius 1 is 1.26 bits per heavy atom. The van der Waals surface area contributed by atoms with Crippen molar-refractivity contribution in [3.63, 3.8) is 0 Å². The summed E-state index contributed by atoms with van der Waals surface area (Å²) in [4.78, 5) is 0.000643. The van der Waals surface area contributed by atoms with E-state index in [1.165, 1.54) is 24.3 Å². The molecule has 0 radical (unpaired) electrons. The smallest absolute Gasteiger partial charge is 0.240 e. The quantitative estimate of drug-likeness (QED) is 0.830. The maximum atomic E-state index is 11.9. The maximum Gasteiger partial charge on any atom is 0.240 e. The molecule has 8 heteroatoms. The lowest BCUT2D eigenvalue weighted by molar-refractivity contribution is 0.474. The fourth-order valence-electron chi connectivity index (χ4n) is 2.00. The van der Waals surface area contributed by atoms with Crippen LogP contribution in [0, 0.1) is 0 Å². The predicted octanol–water partition coefficient (Wildman–Crippen LogP) is 0.248. The Hall–Kier alpha value is -1.12. The van der Waals surface area contributed by atoms with Gasteiger partial charge in [0.1, 0.15) is 5.75 Å². The van der Waals surface area contributed by atoms with E-state index in [1.807, 2.05) is 0 Å². The molecule has 106 valence electrons. The van der Waals surface area contributed by atoms with E-state index in [-0.39, 0.29) is 22.9 Å². The van der Waals surface area contributed by atoms with E-state index >= 15 is 0 Å². The number of hydrogen-bond donors (Lipinski definition) is 2. The van der Waals surface area contributed by atoms with Crippen LogP contribution in [0.1, 0.15) is 12.8 Å². The van der Waals surface area contributed by atoms with Crippen molar-refractivity contribution in [2.75, 3.05) is 12.3 Å². The highest BCUT2D eigenvalue weighted by Crippen LogP contribution is 2.20. The molecule has 1 fully saturated rings. The SMILES string of the molecule is O=S(=O)(NCC1CCCS1(=O)=O)c1ccc(O)cc1. The minimum atomic E-state index is -3.74. The van der Waals surface area contributed by atoms with Gasteiger partial charge in [-0.25, -0.2) is 21.6 Å². The molecular formula is C11H15NO5S2. The van der Waals surface area contributed by atoms with E-state index in [4.69, 9.17) is 5.11 Å². The van der Waals surface area contributed by atoms with Crippen LogP contribution in [0.2, 0.25) is 0 Å². The van der Waals surface area contributed by atoms with Gasteiger partial charge in [-0.05, 0) is 37.1 Å². The van der Waals surface area contributed by atoms with Crippen molar-refractivity contribution >= 4 is 19.9 Å². The topological polar surface area (TPSA) is 101 Å². The van der Waals surface area contributed by atoms with Gasteiger partial charge in [0.05, 0.1) is 15.9 Å². The van der Waals surface area contributed by atoms with Crippen molar-refractivity contribution in [3.05, 3.63) is 24.3 Å².